The van der Waals surface area contributed by atoms with Crippen LogP contribution in [-0.4, -0.2) is 18.8 Å². The highest BCUT2D eigenvalue weighted by Crippen LogP contribution is 2.29. The van der Waals surface area contributed by atoms with Gasteiger partial charge in [0.05, 0.1) is 6.61 Å². The Morgan fingerprint density at radius 3 is 2.38 bits per heavy atom. The molecule has 16 heavy (non-hydrogen) atoms. The van der Waals surface area contributed by atoms with Crippen LogP contribution in [0.3, 0.4) is 0 Å². The molecule has 1 aromatic carbocycles. The molecule has 1 aromatic rings. The van der Waals surface area contributed by atoms with Crippen molar-refractivity contribution in [1.82, 2.24) is 0 Å². The van der Waals surface area contributed by atoms with Gasteiger partial charge in [0, 0.05) is 6.54 Å². The quantitative estimate of drug-likeness (QED) is 0.806. The van der Waals surface area contributed by atoms with Crippen LogP contribution < -0.4 is 15.2 Å². The maximum atomic E-state index is 5.83. The molecule has 0 unspecified atom stereocenters. The van der Waals surface area contributed by atoms with E-state index >= 15 is 0 Å². The van der Waals surface area contributed by atoms with Crippen molar-refractivity contribution in [3.8, 4) is 11.5 Å². The Hall–Kier alpha value is -1.22. The summed E-state index contributed by atoms with van der Waals surface area (Å²) in [5.74, 6) is 1.54. The van der Waals surface area contributed by atoms with Crippen molar-refractivity contribution in [3.63, 3.8) is 0 Å². The monoisotopic (exact) mass is 223 g/mol. The molecule has 0 saturated carbocycles. The van der Waals surface area contributed by atoms with E-state index in [1.54, 1.807) is 0 Å². The van der Waals surface area contributed by atoms with Gasteiger partial charge in [0.1, 0.15) is 5.60 Å². The molecule has 0 saturated heterocycles. The van der Waals surface area contributed by atoms with E-state index < -0.39 is 0 Å². The molecule has 0 atom stereocenters. The molecule has 3 nitrogen and oxygen atoms in total. The highest BCUT2D eigenvalue weighted by Gasteiger charge is 2.19. The van der Waals surface area contributed by atoms with Crippen molar-refractivity contribution >= 4 is 0 Å². The lowest BCUT2D eigenvalue weighted by atomic mass is 10.1. The summed E-state index contributed by atoms with van der Waals surface area (Å²) in [6.07, 6.45) is 0.981. The highest BCUT2D eigenvalue weighted by atomic mass is 16.5. The molecule has 0 aliphatic carbocycles. The summed E-state index contributed by atoms with van der Waals surface area (Å²) >= 11 is 0. The highest BCUT2D eigenvalue weighted by molar-refractivity contribution is 5.39. The fourth-order valence-electron chi connectivity index (χ4n) is 1.21. The maximum absolute atomic E-state index is 5.83. The van der Waals surface area contributed by atoms with Crippen molar-refractivity contribution in [1.29, 1.82) is 0 Å². The van der Waals surface area contributed by atoms with Crippen LogP contribution in [0.1, 0.15) is 27.2 Å². The van der Waals surface area contributed by atoms with Crippen LogP contribution >= 0.6 is 0 Å². The molecule has 0 fully saturated rings. The zero-order chi connectivity index (χ0) is 12.0. The molecule has 90 valence electrons. The van der Waals surface area contributed by atoms with E-state index in [2.05, 4.69) is 6.92 Å². The van der Waals surface area contributed by atoms with E-state index in [-0.39, 0.29) is 5.60 Å². The first-order valence-corrected chi connectivity index (χ1v) is 5.70. The lowest BCUT2D eigenvalue weighted by Gasteiger charge is -2.25. The number of para-hydroxylation sites is 2. The van der Waals surface area contributed by atoms with Crippen LogP contribution in [0.5, 0.6) is 11.5 Å². The number of rotatable bonds is 6. The SMILES string of the molecule is CCCOc1ccccc1OC(C)(C)CN. The Labute approximate surface area is 97.6 Å². The fourth-order valence-corrected chi connectivity index (χ4v) is 1.21. The van der Waals surface area contributed by atoms with E-state index in [1.807, 2.05) is 38.1 Å². The fraction of sp³-hybridized carbons (Fsp3) is 0.538. The van der Waals surface area contributed by atoms with Gasteiger partial charge in [-0.1, -0.05) is 19.1 Å². The molecule has 0 amide bonds. The smallest absolute Gasteiger partial charge is 0.162 e. The first-order valence-electron chi connectivity index (χ1n) is 5.70. The van der Waals surface area contributed by atoms with Gasteiger partial charge >= 0.3 is 0 Å². The zero-order valence-electron chi connectivity index (χ0n) is 10.3. The van der Waals surface area contributed by atoms with Gasteiger partial charge in [-0.05, 0) is 32.4 Å². The molecule has 0 aliphatic rings. The molecule has 0 bridgehead atoms. The van der Waals surface area contributed by atoms with Crippen LogP contribution in [0.4, 0.5) is 0 Å². The van der Waals surface area contributed by atoms with Gasteiger partial charge < -0.3 is 15.2 Å². The van der Waals surface area contributed by atoms with Crippen LogP contribution in [0.15, 0.2) is 24.3 Å². The third-order valence-corrected chi connectivity index (χ3v) is 2.19. The minimum atomic E-state index is -0.369. The Morgan fingerprint density at radius 1 is 1.19 bits per heavy atom. The van der Waals surface area contributed by atoms with Crippen molar-refractivity contribution in [2.75, 3.05) is 13.2 Å². The standard InChI is InChI=1S/C13H21NO2/c1-4-9-15-11-7-5-6-8-12(11)16-13(2,3)10-14/h5-8H,4,9-10,14H2,1-3H3. The van der Waals surface area contributed by atoms with Gasteiger partial charge in [0.2, 0.25) is 0 Å². The van der Waals surface area contributed by atoms with Gasteiger partial charge in [-0.15, -0.1) is 0 Å². The Morgan fingerprint density at radius 2 is 1.81 bits per heavy atom. The average molecular weight is 223 g/mol. The lowest BCUT2D eigenvalue weighted by Crippen LogP contribution is -2.37. The second-order valence-electron chi connectivity index (χ2n) is 4.36. The zero-order valence-corrected chi connectivity index (χ0v) is 10.3. The number of benzene rings is 1. The van der Waals surface area contributed by atoms with Crippen LogP contribution in [0.2, 0.25) is 0 Å². The second-order valence-corrected chi connectivity index (χ2v) is 4.36. The van der Waals surface area contributed by atoms with Crippen LogP contribution in [0, 0.1) is 0 Å². The Balaban J connectivity index is 2.78. The summed E-state index contributed by atoms with van der Waals surface area (Å²) in [7, 11) is 0. The molecule has 0 radical (unpaired) electrons. The van der Waals surface area contributed by atoms with Gasteiger partial charge in [0.25, 0.3) is 0 Å². The van der Waals surface area contributed by atoms with Crippen LogP contribution in [-0.2, 0) is 0 Å². The molecule has 0 heterocycles. The number of nitrogens with two attached hydrogens (primary N) is 1. The number of hydrogen-bond acceptors (Lipinski definition) is 3. The summed E-state index contributed by atoms with van der Waals surface area (Å²) in [6.45, 7) is 7.17. The Kier molecular flexibility index (Phi) is 4.62. The van der Waals surface area contributed by atoms with Crippen molar-refractivity contribution in [3.05, 3.63) is 24.3 Å². The van der Waals surface area contributed by atoms with Gasteiger partial charge in [-0.2, -0.15) is 0 Å². The van der Waals surface area contributed by atoms with Gasteiger partial charge in [0.15, 0.2) is 11.5 Å². The molecule has 1 rings (SSSR count). The summed E-state index contributed by atoms with van der Waals surface area (Å²) < 4.78 is 11.4. The molecule has 3 heteroatoms. The van der Waals surface area contributed by atoms with E-state index in [9.17, 15) is 0 Å². The van der Waals surface area contributed by atoms with E-state index in [4.69, 9.17) is 15.2 Å². The van der Waals surface area contributed by atoms with E-state index in [0.717, 1.165) is 17.9 Å². The van der Waals surface area contributed by atoms with E-state index in [1.165, 1.54) is 0 Å². The molecular weight excluding hydrogens is 202 g/mol. The third kappa shape index (κ3) is 3.74. The predicted molar refractivity (Wildman–Crippen MR) is 66.0 cm³/mol. The number of ether oxygens (including phenoxy) is 2. The molecule has 0 aromatic heterocycles. The Bertz CT molecular complexity index is 323. The third-order valence-electron chi connectivity index (χ3n) is 2.19. The summed E-state index contributed by atoms with van der Waals surface area (Å²) in [4.78, 5) is 0. The minimum absolute atomic E-state index is 0.369. The predicted octanol–water partition coefficient (Wildman–Crippen LogP) is 2.59. The minimum Gasteiger partial charge on any atom is -0.490 e. The summed E-state index contributed by atoms with van der Waals surface area (Å²) in [6, 6.07) is 7.69. The molecular formula is C13H21NO2. The number of hydrogen-bond donors (Lipinski definition) is 1. The molecule has 0 spiro atoms. The first kappa shape index (κ1) is 12.8. The topological polar surface area (TPSA) is 44.5 Å². The van der Waals surface area contributed by atoms with E-state index in [0.29, 0.717) is 13.2 Å². The average Bonchev–Trinajstić information content (AvgIpc) is 2.27. The van der Waals surface area contributed by atoms with Gasteiger partial charge in [-0.25, -0.2) is 0 Å². The van der Waals surface area contributed by atoms with Crippen molar-refractivity contribution < 1.29 is 9.47 Å². The van der Waals surface area contributed by atoms with Crippen LogP contribution in [0.25, 0.3) is 0 Å². The lowest BCUT2D eigenvalue weighted by molar-refractivity contribution is 0.112. The largest absolute Gasteiger partial charge is 0.490 e. The molecule has 2 N–H and O–H groups in total. The molecule has 0 aliphatic heterocycles. The second kappa shape index (κ2) is 5.75. The van der Waals surface area contributed by atoms with Crippen molar-refractivity contribution in [2.24, 2.45) is 5.73 Å². The first-order chi connectivity index (χ1) is 7.59. The summed E-state index contributed by atoms with van der Waals surface area (Å²) in [5, 5.41) is 0. The maximum Gasteiger partial charge on any atom is 0.162 e. The van der Waals surface area contributed by atoms with Crippen molar-refractivity contribution in [2.45, 2.75) is 32.8 Å². The normalized spacial score (nSPS) is 11.2. The summed E-state index contributed by atoms with van der Waals surface area (Å²) in [5.41, 5.74) is 5.27. The van der Waals surface area contributed by atoms with Gasteiger partial charge in [-0.3, -0.25) is 0 Å².